The largest absolute Gasteiger partial charge is 0.353 e. The Kier molecular flexibility index (Phi) is 6.63. The lowest BCUT2D eigenvalue weighted by molar-refractivity contribution is -0.121. The highest BCUT2D eigenvalue weighted by Crippen LogP contribution is 2.30. The molecule has 1 aliphatic heterocycles. The number of piperidine rings is 1. The Morgan fingerprint density at radius 1 is 1.27 bits per heavy atom. The normalized spacial score (nSPS) is 22.5. The SMILES string of the molecule is CSC(C)(C)CC(C)N1CCC(CCC(=O)NC2CC2)CC1. The number of hydrogen-bond acceptors (Lipinski definition) is 3. The summed E-state index contributed by atoms with van der Waals surface area (Å²) < 4.78 is 0.372. The zero-order valence-electron chi connectivity index (χ0n) is 14.9. The molecule has 1 atom stereocenters. The number of thioether (sulfide) groups is 1. The highest BCUT2D eigenvalue weighted by atomic mass is 32.2. The molecule has 2 aliphatic rings. The van der Waals surface area contributed by atoms with Gasteiger partial charge in [0, 0.05) is 23.3 Å². The van der Waals surface area contributed by atoms with Gasteiger partial charge in [0.2, 0.25) is 5.91 Å². The van der Waals surface area contributed by atoms with Gasteiger partial charge in [-0.1, -0.05) is 13.8 Å². The monoisotopic (exact) mass is 326 g/mol. The van der Waals surface area contributed by atoms with Crippen LogP contribution in [0.3, 0.4) is 0 Å². The molecule has 1 saturated heterocycles. The molecule has 0 aromatic heterocycles. The maximum Gasteiger partial charge on any atom is 0.220 e. The maximum absolute atomic E-state index is 11.8. The van der Waals surface area contributed by atoms with Crippen molar-refractivity contribution >= 4 is 17.7 Å². The van der Waals surface area contributed by atoms with Crippen LogP contribution in [0.15, 0.2) is 0 Å². The zero-order chi connectivity index (χ0) is 16.2. The van der Waals surface area contributed by atoms with E-state index in [9.17, 15) is 4.79 Å². The fraction of sp³-hybridized carbons (Fsp3) is 0.944. The summed E-state index contributed by atoms with van der Waals surface area (Å²) in [4.78, 5) is 14.4. The summed E-state index contributed by atoms with van der Waals surface area (Å²) in [6, 6.07) is 1.18. The molecule has 2 rings (SSSR count). The topological polar surface area (TPSA) is 32.3 Å². The molecule has 4 heteroatoms. The Labute approximate surface area is 141 Å². The van der Waals surface area contributed by atoms with Crippen molar-refractivity contribution < 1.29 is 4.79 Å². The lowest BCUT2D eigenvalue weighted by Crippen LogP contribution is -2.42. The minimum Gasteiger partial charge on any atom is -0.353 e. The van der Waals surface area contributed by atoms with E-state index in [1.165, 1.54) is 45.2 Å². The van der Waals surface area contributed by atoms with Gasteiger partial charge in [0.1, 0.15) is 0 Å². The predicted molar refractivity (Wildman–Crippen MR) is 96.4 cm³/mol. The summed E-state index contributed by atoms with van der Waals surface area (Å²) in [5.74, 6) is 1.03. The van der Waals surface area contributed by atoms with E-state index >= 15 is 0 Å². The predicted octanol–water partition coefficient (Wildman–Crippen LogP) is 3.68. The molecule has 22 heavy (non-hydrogen) atoms. The molecule has 2 fully saturated rings. The zero-order valence-corrected chi connectivity index (χ0v) is 15.7. The van der Waals surface area contributed by atoms with E-state index in [0.29, 0.717) is 16.8 Å². The third-order valence-electron chi connectivity index (χ3n) is 5.33. The molecular weight excluding hydrogens is 292 g/mol. The Morgan fingerprint density at radius 2 is 1.91 bits per heavy atom. The van der Waals surface area contributed by atoms with Gasteiger partial charge in [-0.3, -0.25) is 4.79 Å². The van der Waals surface area contributed by atoms with Crippen LogP contribution in [-0.4, -0.2) is 47.0 Å². The van der Waals surface area contributed by atoms with Gasteiger partial charge in [0.05, 0.1) is 0 Å². The van der Waals surface area contributed by atoms with Gasteiger partial charge in [-0.25, -0.2) is 0 Å². The second kappa shape index (κ2) is 8.05. The molecule has 128 valence electrons. The van der Waals surface area contributed by atoms with Gasteiger partial charge in [0.15, 0.2) is 0 Å². The first-order chi connectivity index (χ1) is 10.4. The third-order valence-corrected chi connectivity index (χ3v) is 6.61. The van der Waals surface area contributed by atoms with E-state index < -0.39 is 0 Å². The summed E-state index contributed by atoms with van der Waals surface area (Å²) in [5.41, 5.74) is 0. The molecule has 0 aromatic rings. The molecule has 1 unspecified atom stereocenters. The van der Waals surface area contributed by atoms with Gasteiger partial charge in [-0.05, 0) is 70.7 Å². The first-order valence-electron chi connectivity index (χ1n) is 8.98. The van der Waals surface area contributed by atoms with E-state index in [-0.39, 0.29) is 5.91 Å². The summed E-state index contributed by atoms with van der Waals surface area (Å²) in [6.45, 7) is 9.49. The van der Waals surface area contributed by atoms with Crippen LogP contribution in [0.1, 0.15) is 65.7 Å². The first kappa shape index (κ1) is 18.1. The molecule has 0 radical (unpaired) electrons. The number of hydrogen-bond donors (Lipinski definition) is 1. The van der Waals surface area contributed by atoms with Gasteiger partial charge < -0.3 is 10.2 Å². The van der Waals surface area contributed by atoms with Crippen molar-refractivity contribution in [3.05, 3.63) is 0 Å². The Balaban J connectivity index is 1.63. The molecule has 0 bridgehead atoms. The number of carbonyl (C=O) groups is 1. The molecule has 1 amide bonds. The summed E-state index contributed by atoms with van der Waals surface area (Å²) in [7, 11) is 0. The number of rotatable bonds is 8. The van der Waals surface area contributed by atoms with Gasteiger partial charge in [-0.2, -0.15) is 11.8 Å². The molecule has 0 spiro atoms. The van der Waals surface area contributed by atoms with E-state index in [2.05, 4.69) is 37.2 Å². The van der Waals surface area contributed by atoms with Crippen LogP contribution in [0.4, 0.5) is 0 Å². The molecule has 1 N–H and O–H groups in total. The molecular formula is C18H34N2OS. The number of carbonyl (C=O) groups excluding carboxylic acids is 1. The Hall–Kier alpha value is -0.220. The lowest BCUT2D eigenvalue weighted by Gasteiger charge is -2.39. The summed E-state index contributed by atoms with van der Waals surface area (Å²) >= 11 is 1.97. The summed E-state index contributed by atoms with van der Waals surface area (Å²) in [5, 5.41) is 3.10. The minimum absolute atomic E-state index is 0.278. The van der Waals surface area contributed by atoms with Crippen molar-refractivity contribution in [1.82, 2.24) is 10.2 Å². The standard InChI is InChI=1S/C18H34N2OS/c1-14(13-18(2,3)22-4)20-11-9-15(10-12-20)5-8-17(21)19-16-6-7-16/h14-16H,5-13H2,1-4H3,(H,19,21). The third kappa shape index (κ3) is 6.11. The highest BCUT2D eigenvalue weighted by molar-refractivity contribution is 7.99. The fourth-order valence-corrected chi connectivity index (χ4v) is 3.88. The van der Waals surface area contributed by atoms with Crippen molar-refractivity contribution in [2.45, 2.75) is 82.5 Å². The van der Waals surface area contributed by atoms with Crippen molar-refractivity contribution in [2.75, 3.05) is 19.3 Å². The number of likely N-dealkylation sites (tertiary alicyclic amines) is 1. The highest BCUT2D eigenvalue weighted by Gasteiger charge is 2.28. The Morgan fingerprint density at radius 3 is 2.45 bits per heavy atom. The van der Waals surface area contributed by atoms with Gasteiger partial charge >= 0.3 is 0 Å². The molecule has 3 nitrogen and oxygen atoms in total. The smallest absolute Gasteiger partial charge is 0.220 e. The van der Waals surface area contributed by atoms with Crippen molar-refractivity contribution in [2.24, 2.45) is 5.92 Å². The van der Waals surface area contributed by atoms with Crippen LogP contribution in [0.25, 0.3) is 0 Å². The average molecular weight is 327 g/mol. The van der Waals surface area contributed by atoms with Gasteiger partial charge in [0.25, 0.3) is 0 Å². The first-order valence-corrected chi connectivity index (χ1v) is 10.2. The number of amides is 1. The van der Waals surface area contributed by atoms with Crippen LogP contribution < -0.4 is 5.32 Å². The minimum atomic E-state index is 0.278. The van der Waals surface area contributed by atoms with Crippen molar-refractivity contribution in [3.8, 4) is 0 Å². The molecule has 1 saturated carbocycles. The van der Waals surface area contributed by atoms with Crippen LogP contribution >= 0.6 is 11.8 Å². The second-order valence-electron chi connectivity index (χ2n) is 7.88. The lowest BCUT2D eigenvalue weighted by atomic mass is 9.90. The van der Waals surface area contributed by atoms with Gasteiger partial charge in [-0.15, -0.1) is 0 Å². The van der Waals surface area contributed by atoms with Crippen LogP contribution in [0, 0.1) is 5.92 Å². The van der Waals surface area contributed by atoms with E-state index in [1.807, 2.05) is 11.8 Å². The Bertz CT molecular complexity index is 360. The fourth-order valence-electron chi connectivity index (χ4n) is 3.47. The van der Waals surface area contributed by atoms with Crippen LogP contribution in [0.5, 0.6) is 0 Å². The van der Waals surface area contributed by atoms with Crippen molar-refractivity contribution in [1.29, 1.82) is 0 Å². The summed E-state index contributed by atoms with van der Waals surface area (Å²) in [6.07, 6.45) is 10.2. The average Bonchev–Trinajstić information content (AvgIpc) is 3.29. The van der Waals surface area contributed by atoms with Crippen LogP contribution in [-0.2, 0) is 4.79 Å². The maximum atomic E-state index is 11.8. The number of nitrogens with one attached hydrogen (secondary N) is 1. The second-order valence-corrected chi connectivity index (χ2v) is 9.39. The molecule has 1 heterocycles. The molecule has 0 aromatic carbocycles. The van der Waals surface area contributed by atoms with E-state index in [1.54, 1.807) is 0 Å². The van der Waals surface area contributed by atoms with Crippen molar-refractivity contribution in [3.63, 3.8) is 0 Å². The van der Waals surface area contributed by atoms with Crippen LogP contribution in [0.2, 0.25) is 0 Å². The number of nitrogens with zero attached hydrogens (tertiary/aromatic N) is 1. The van der Waals surface area contributed by atoms with E-state index in [0.717, 1.165) is 18.8 Å². The van der Waals surface area contributed by atoms with E-state index in [4.69, 9.17) is 0 Å². The molecule has 1 aliphatic carbocycles. The quantitative estimate of drug-likeness (QED) is 0.738.